The van der Waals surface area contributed by atoms with E-state index in [2.05, 4.69) is 17.1 Å². The molecule has 0 aliphatic heterocycles. The lowest BCUT2D eigenvalue weighted by Crippen LogP contribution is -2.10. The first-order valence-electron chi connectivity index (χ1n) is 6.29. The molecular weight excluding hydrogens is 242 g/mol. The maximum absolute atomic E-state index is 11.6. The van der Waals surface area contributed by atoms with Gasteiger partial charge in [-0.1, -0.05) is 30.3 Å². The van der Waals surface area contributed by atoms with Crippen LogP contribution in [0.1, 0.15) is 17.7 Å². The summed E-state index contributed by atoms with van der Waals surface area (Å²) in [6, 6.07) is 11.5. The summed E-state index contributed by atoms with van der Waals surface area (Å²) in [6.07, 6.45) is 3.27. The number of pyridine rings is 1. The zero-order valence-electron chi connectivity index (χ0n) is 10.6. The Hall–Kier alpha value is -2.07. The molecule has 1 aromatic carbocycles. The first kappa shape index (κ1) is 13.4. The van der Waals surface area contributed by atoms with Crippen LogP contribution in [-0.2, 0) is 13.0 Å². The van der Waals surface area contributed by atoms with E-state index in [0.717, 1.165) is 12.8 Å². The molecular formula is C15H17NO3. The van der Waals surface area contributed by atoms with Gasteiger partial charge in [0.25, 0.3) is 0 Å². The van der Waals surface area contributed by atoms with Crippen molar-refractivity contribution in [1.29, 1.82) is 0 Å². The highest BCUT2D eigenvalue weighted by atomic mass is 16.5. The molecule has 0 saturated carbocycles. The number of nitrogens with one attached hydrogen (secondary N) is 1. The predicted molar refractivity (Wildman–Crippen MR) is 73.2 cm³/mol. The molecule has 0 aliphatic rings. The number of aryl methyl sites for hydroxylation is 1. The summed E-state index contributed by atoms with van der Waals surface area (Å²) in [4.78, 5) is 14.4. The second-order valence-corrected chi connectivity index (χ2v) is 4.28. The number of ether oxygens (including phenoxy) is 1. The third-order valence-electron chi connectivity index (χ3n) is 2.82. The first-order valence-corrected chi connectivity index (χ1v) is 6.29. The van der Waals surface area contributed by atoms with E-state index in [1.54, 1.807) is 0 Å². The molecule has 2 rings (SSSR count). The Morgan fingerprint density at radius 1 is 1.21 bits per heavy atom. The van der Waals surface area contributed by atoms with Crippen molar-refractivity contribution in [3.05, 3.63) is 64.1 Å². The van der Waals surface area contributed by atoms with Gasteiger partial charge in [-0.3, -0.25) is 4.79 Å². The van der Waals surface area contributed by atoms with Crippen molar-refractivity contribution in [3.8, 4) is 5.75 Å². The lowest BCUT2D eigenvalue weighted by molar-refractivity contribution is 0.275. The summed E-state index contributed by atoms with van der Waals surface area (Å²) in [7, 11) is 0. The molecule has 1 aromatic heterocycles. The zero-order valence-corrected chi connectivity index (χ0v) is 10.6. The molecule has 0 aliphatic carbocycles. The predicted octanol–water partition coefficient (Wildman–Crippen LogP) is 1.88. The van der Waals surface area contributed by atoms with Gasteiger partial charge in [-0.15, -0.1) is 0 Å². The van der Waals surface area contributed by atoms with Crippen LogP contribution in [0.4, 0.5) is 0 Å². The Labute approximate surface area is 111 Å². The van der Waals surface area contributed by atoms with Gasteiger partial charge in [0.2, 0.25) is 5.43 Å². The van der Waals surface area contributed by atoms with Crippen molar-refractivity contribution in [3.63, 3.8) is 0 Å². The summed E-state index contributed by atoms with van der Waals surface area (Å²) in [5.74, 6) is 0.297. The third kappa shape index (κ3) is 3.96. The fourth-order valence-electron chi connectivity index (χ4n) is 1.81. The van der Waals surface area contributed by atoms with Gasteiger partial charge in [0.1, 0.15) is 0 Å². The van der Waals surface area contributed by atoms with Crippen LogP contribution >= 0.6 is 0 Å². The van der Waals surface area contributed by atoms with Gasteiger partial charge < -0.3 is 14.8 Å². The van der Waals surface area contributed by atoms with Gasteiger partial charge in [-0.25, -0.2) is 0 Å². The fraction of sp³-hybridized carbons (Fsp3) is 0.267. The average molecular weight is 259 g/mol. The van der Waals surface area contributed by atoms with Crippen molar-refractivity contribution in [2.75, 3.05) is 6.61 Å². The molecule has 0 spiro atoms. The molecule has 0 saturated heterocycles. The van der Waals surface area contributed by atoms with Crippen LogP contribution < -0.4 is 10.2 Å². The molecule has 19 heavy (non-hydrogen) atoms. The van der Waals surface area contributed by atoms with Crippen molar-refractivity contribution in [2.45, 2.75) is 19.4 Å². The van der Waals surface area contributed by atoms with Crippen molar-refractivity contribution >= 4 is 0 Å². The van der Waals surface area contributed by atoms with Crippen molar-refractivity contribution in [2.24, 2.45) is 0 Å². The van der Waals surface area contributed by atoms with E-state index in [-0.39, 0.29) is 12.0 Å². The van der Waals surface area contributed by atoms with Gasteiger partial charge in [0, 0.05) is 18.0 Å². The van der Waals surface area contributed by atoms with E-state index >= 15 is 0 Å². The normalized spacial score (nSPS) is 10.4. The largest absolute Gasteiger partial charge is 0.488 e. The minimum atomic E-state index is -0.206. The van der Waals surface area contributed by atoms with E-state index in [9.17, 15) is 4.79 Å². The van der Waals surface area contributed by atoms with E-state index in [4.69, 9.17) is 9.84 Å². The smallest absolute Gasteiger partial charge is 0.223 e. The van der Waals surface area contributed by atoms with E-state index in [0.29, 0.717) is 18.1 Å². The molecule has 4 heteroatoms. The molecule has 1 heterocycles. The van der Waals surface area contributed by atoms with Crippen LogP contribution in [0.3, 0.4) is 0 Å². The minimum absolute atomic E-state index is 0.177. The number of hydrogen-bond donors (Lipinski definition) is 2. The molecule has 0 unspecified atom stereocenters. The molecule has 2 aromatic rings. The van der Waals surface area contributed by atoms with Crippen LogP contribution in [0.2, 0.25) is 0 Å². The van der Waals surface area contributed by atoms with Gasteiger partial charge in [0.05, 0.1) is 13.2 Å². The number of rotatable bonds is 6. The summed E-state index contributed by atoms with van der Waals surface area (Å²) < 4.78 is 5.43. The van der Waals surface area contributed by atoms with Gasteiger partial charge >= 0.3 is 0 Å². The molecule has 0 fully saturated rings. The maximum Gasteiger partial charge on any atom is 0.223 e. The minimum Gasteiger partial charge on any atom is -0.488 e. The SMILES string of the molecule is O=c1cc(CO)[nH]cc1OCCCc1ccccc1. The summed E-state index contributed by atoms with van der Waals surface area (Å²) >= 11 is 0. The Kier molecular flexibility index (Phi) is 4.75. The molecule has 0 radical (unpaired) electrons. The zero-order chi connectivity index (χ0) is 13.5. The molecule has 4 nitrogen and oxygen atoms in total. The van der Waals surface area contributed by atoms with Gasteiger partial charge in [-0.05, 0) is 18.4 Å². The fourth-order valence-corrected chi connectivity index (χ4v) is 1.81. The molecule has 0 bridgehead atoms. The number of benzene rings is 1. The topological polar surface area (TPSA) is 62.3 Å². The van der Waals surface area contributed by atoms with Crippen LogP contribution in [0.25, 0.3) is 0 Å². The highest BCUT2D eigenvalue weighted by Crippen LogP contribution is 2.05. The van der Waals surface area contributed by atoms with Crippen molar-refractivity contribution in [1.82, 2.24) is 4.98 Å². The maximum atomic E-state index is 11.6. The highest BCUT2D eigenvalue weighted by Gasteiger charge is 2.01. The van der Waals surface area contributed by atoms with E-state index in [1.165, 1.54) is 17.8 Å². The van der Waals surface area contributed by atoms with Crippen LogP contribution in [-0.4, -0.2) is 16.7 Å². The first-order chi connectivity index (χ1) is 9.29. The van der Waals surface area contributed by atoms with Crippen LogP contribution in [0.15, 0.2) is 47.4 Å². The van der Waals surface area contributed by atoms with E-state index in [1.807, 2.05) is 18.2 Å². The van der Waals surface area contributed by atoms with Crippen LogP contribution in [0.5, 0.6) is 5.75 Å². The third-order valence-corrected chi connectivity index (χ3v) is 2.82. The number of aliphatic hydroxyl groups excluding tert-OH is 1. The Bertz CT molecular complexity index is 563. The van der Waals surface area contributed by atoms with Crippen LogP contribution in [0, 0.1) is 0 Å². The summed E-state index contributed by atoms with van der Waals surface area (Å²) in [5.41, 5.74) is 1.54. The Morgan fingerprint density at radius 3 is 2.68 bits per heavy atom. The van der Waals surface area contributed by atoms with Gasteiger partial charge in [-0.2, -0.15) is 0 Å². The standard InChI is InChI=1S/C15H17NO3/c17-11-13-9-14(18)15(10-16-13)19-8-4-7-12-5-2-1-3-6-12/h1-3,5-6,9-10,17H,4,7-8,11H2,(H,16,18). The number of aromatic nitrogens is 1. The highest BCUT2D eigenvalue weighted by molar-refractivity contribution is 5.20. The number of aliphatic hydroxyl groups is 1. The lowest BCUT2D eigenvalue weighted by Gasteiger charge is -2.06. The second kappa shape index (κ2) is 6.75. The molecule has 2 N–H and O–H groups in total. The summed E-state index contributed by atoms with van der Waals surface area (Å²) in [5, 5.41) is 8.88. The average Bonchev–Trinajstić information content (AvgIpc) is 2.46. The molecule has 100 valence electrons. The molecule has 0 atom stereocenters. The van der Waals surface area contributed by atoms with Crippen molar-refractivity contribution < 1.29 is 9.84 Å². The van der Waals surface area contributed by atoms with E-state index < -0.39 is 0 Å². The van der Waals surface area contributed by atoms with Gasteiger partial charge in [0.15, 0.2) is 5.75 Å². The second-order valence-electron chi connectivity index (χ2n) is 4.28. The number of aromatic amines is 1. The Balaban J connectivity index is 1.81. The molecule has 0 amide bonds. The summed E-state index contributed by atoms with van der Waals surface area (Å²) in [6.45, 7) is 0.319. The monoisotopic (exact) mass is 259 g/mol. The number of H-pyrrole nitrogens is 1. The number of hydrogen-bond acceptors (Lipinski definition) is 3. The lowest BCUT2D eigenvalue weighted by atomic mass is 10.1. The quantitative estimate of drug-likeness (QED) is 0.779. The Morgan fingerprint density at radius 2 is 2.00 bits per heavy atom.